The molecule has 4 heteroatoms. The van der Waals surface area contributed by atoms with E-state index in [-0.39, 0.29) is 6.71 Å². The molecule has 3 nitrogen and oxygen atoms in total. The van der Waals surface area contributed by atoms with Crippen molar-refractivity contribution in [2.75, 3.05) is 4.90 Å². The molecule has 0 fully saturated rings. The van der Waals surface area contributed by atoms with Crippen molar-refractivity contribution in [1.82, 2.24) is 0 Å². The number of hydrogen-bond donors (Lipinski definition) is 0. The van der Waals surface area contributed by atoms with Gasteiger partial charge in [0.2, 0.25) is 0 Å². The van der Waals surface area contributed by atoms with Crippen molar-refractivity contribution in [3.63, 3.8) is 0 Å². The van der Waals surface area contributed by atoms with E-state index in [2.05, 4.69) is 151 Å². The summed E-state index contributed by atoms with van der Waals surface area (Å²) in [7, 11) is 0. The van der Waals surface area contributed by atoms with Crippen LogP contribution in [0.3, 0.4) is 0 Å². The summed E-state index contributed by atoms with van der Waals surface area (Å²) in [5.41, 5.74) is 10.1. The lowest BCUT2D eigenvalue weighted by molar-refractivity contribution is 0.465. The average molecular weight is 577 g/mol. The quantitative estimate of drug-likeness (QED) is 0.195. The zero-order valence-electron chi connectivity index (χ0n) is 24.8. The highest BCUT2D eigenvalue weighted by molar-refractivity contribution is 6.98. The van der Waals surface area contributed by atoms with Crippen LogP contribution in [0, 0.1) is 6.92 Å². The van der Waals surface area contributed by atoms with Crippen LogP contribution in [-0.4, -0.2) is 6.71 Å². The normalized spacial score (nSPS) is 12.4. The average Bonchev–Trinajstić information content (AvgIpc) is 3.09. The maximum Gasteiger partial charge on any atom is 0.260 e. The molecule has 2 aliphatic rings. The minimum atomic E-state index is 0.0346. The van der Waals surface area contributed by atoms with E-state index in [9.17, 15) is 0 Å². The monoisotopic (exact) mass is 577 g/mol. The van der Waals surface area contributed by atoms with Crippen LogP contribution in [0.4, 0.5) is 17.1 Å². The van der Waals surface area contributed by atoms with Gasteiger partial charge in [0, 0.05) is 28.8 Å². The van der Waals surface area contributed by atoms with Crippen molar-refractivity contribution in [3.8, 4) is 34.1 Å². The Hall–Kier alpha value is -5.74. The van der Waals surface area contributed by atoms with E-state index in [0.29, 0.717) is 0 Å². The highest BCUT2D eigenvalue weighted by Crippen LogP contribution is 2.47. The molecular weight excluding hydrogens is 549 g/mol. The largest absolute Gasteiger partial charge is 0.458 e. The van der Waals surface area contributed by atoms with Crippen LogP contribution in [-0.2, 0) is 0 Å². The van der Waals surface area contributed by atoms with Crippen molar-refractivity contribution in [2.24, 2.45) is 0 Å². The summed E-state index contributed by atoms with van der Waals surface area (Å²) >= 11 is 0. The van der Waals surface area contributed by atoms with Gasteiger partial charge in [-0.15, -0.1) is 0 Å². The molecule has 212 valence electrons. The number of fused-ring (bicyclic) bond motifs is 5. The van der Waals surface area contributed by atoms with Gasteiger partial charge in [0.25, 0.3) is 6.71 Å². The first kappa shape index (κ1) is 25.7. The van der Waals surface area contributed by atoms with Crippen molar-refractivity contribution >= 4 is 50.9 Å². The summed E-state index contributed by atoms with van der Waals surface area (Å²) in [4.78, 5) is 2.34. The SMILES string of the molecule is Cc1ccc(N(c2cc3c4c(c2)Oc2ccccc2B4c2ccccc2O3)c2ccc3ccccc3c2-c2ccccc2)cc1. The second kappa shape index (κ2) is 10.2. The fourth-order valence-electron chi connectivity index (χ4n) is 6.98. The van der Waals surface area contributed by atoms with Crippen molar-refractivity contribution in [2.45, 2.75) is 6.92 Å². The third kappa shape index (κ3) is 4.14. The zero-order chi connectivity index (χ0) is 29.9. The molecule has 45 heavy (non-hydrogen) atoms. The van der Waals surface area contributed by atoms with Gasteiger partial charge in [-0.3, -0.25) is 0 Å². The molecule has 0 radical (unpaired) electrons. The van der Waals surface area contributed by atoms with Crippen LogP contribution in [0.15, 0.2) is 152 Å². The van der Waals surface area contributed by atoms with Crippen LogP contribution < -0.4 is 30.8 Å². The van der Waals surface area contributed by atoms with Gasteiger partial charge < -0.3 is 14.4 Å². The first-order valence-electron chi connectivity index (χ1n) is 15.4. The van der Waals surface area contributed by atoms with Gasteiger partial charge in [0.15, 0.2) is 0 Å². The number of nitrogens with zero attached hydrogens (tertiary/aromatic N) is 1. The molecule has 0 atom stereocenters. The predicted octanol–water partition coefficient (Wildman–Crippen LogP) is 9.01. The van der Waals surface area contributed by atoms with Crippen LogP contribution in [0.25, 0.3) is 21.9 Å². The van der Waals surface area contributed by atoms with Gasteiger partial charge in [-0.05, 0) is 64.5 Å². The van der Waals surface area contributed by atoms with Crippen molar-refractivity contribution in [3.05, 3.63) is 157 Å². The Kier molecular flexibility index (Phi) is 5.82. The fraction of sp³-hybridized carbons (Fsp3) is 0.0244. The van der Waals surface area contributed by atoms with Crippen LogP contribution >= 0.6 is 0 Å². The van der Waals surface area contributed by atoms with E-state index in [4.69, 9.17) is 9.47 Å². The van der Waals surface area contributed by atoms with Gasteiger partial charge in [-0.25, -0.2) is 0 Å². The Morgan fingerprint density at radius 1 is 0.511 bits per heavy atom. The van der Waals surface area contributed by atoms with Gasteiger partial charge in [-0.2, -0.15) is 0 Å². The molecule has 0 aromatic heterocycles. The summed E-state index contributed by atoms with van der Waals surface area (Å²) in [5.74, 6) is 3.40. The van der Waals surface area contributed by atoms with E-state index in [1.54, 1.807) is 0 Å². The van der Waals surface area contributed by atoms with Crippen LogP contribution in [0.1, 0.15) is 5.56 Å². The number of hydrogen-bond acceptors (Lipinski definition) is 3. The Balaban J connectivity index is 1.32. The Morgan fingerprint density at radius 3 is 1.80 bits per heavy atom. The molecule has 0 saturated carbocycles. The molecule has 2 heterocycles. The standard InChI is InChI=1S/C41H28BNO2/c1-27-19-22-30(23-20-27)43(35-24-21-28-11-5-6-14-32(28)40(35)29-12-3-2-4-13-29)31-25-38-41-39(26-31)45-37-18-10-8-16-34(37)42(41)33-15-7-9-17-36(33)44-38/h2-26H,1H3. The molecular formula is C41H28BNO2. The summed E-state index contributed by atoms with van der Waals surface area (Å²) < 4.78 is 13.4. The van der Waals surface area contributed by atoms with Gasteiger partial charge in [0.1, 0.15) is 23.0 Å². The molecule has 0 spiro atoms. The van der Waals surface area contributed by atoms with Gasteiger partial charge in [-0.1, -0.05) is 115 Å². The Bertz CT molecular complexity index is 2170. The molecule has 2 aliphatic heterocycles. The molecule has 9 rings (SSSR count). The summed E-state index contributed by atoms with van der Waals surface area (Å²) in [5, 5.41) is 2.40. The van der Waals surface area contributed by atoms with Crippen molar-refractivity contribution < 1.29 is 9.47 Å². The van der Waals surface area contributed by atoms with Crippen LogP contribution in [0.2, 0.25) is 0 Å². The highest BCUT2D eigenvalue weighted by atomic mass is 16.5. The maximum absolute atomic E-state index is 6.70. The Labute approximate surface area is 263 Å². The van der Waals surface area contributed by atoms with E-state index >= 15 is 0 Å². The number of anilines is 3. The molecule has 0 aliphatic carbocycles. The van der Waals surface area contributed by atoms with E-state index in [1.165, 1.54) is 21.9 Å². The third-order valence-corrected chi connectivity index (χ3v) is 9.04. The topological polar surface area (TPSA) is 21.7 Å². The van der Waals surface area contributed by atoms with Crippen molar-refractivity contribution in [1.29, 1.82) is 0 Å². The first-order valence-corrected chi connectivity index (χ1v) is 15.4. The molecule has 0 saturated heterocycles. The van der Waals surface area contributed by atoms with E-state index in [1.807, 2.05) is 12.1 Å². The zero-order valence-corrected chi connectivity index (χ0v) is 24.8. The molecule has 0 unspecified atom stereocenters. The van der Waals surface area contributed by atoms with Gasteiger partial charge in [0.05, 0.1) is 11.4 Å². The first-order chi connectivity index (χ1) is 22.2. The third-order valence-electron chi connectivity index (χ3n) is 9.04. The molecule has 0 amide bonds. The molecule has 7 aromatic rings. The van der Waals surface area contributed by atoms with Crippen LogP contribution in [0.5, 0.6) is 23.0 Å². The number of aryl methyl sites for hydroxylation is 1. The lowest BCUT2D eigenvalue weighted by atomic mass is 9.35. The second-order valence-corrected chi connectivity index (χ2v) is 11.8. The van der Waals surface area contributed by atoms with E-state index in [0.717, 1.165) is 62.0 Å². The minimum Gasteiger partial charge on any atom is -0.458 e. The molecule has 0 bridgehead atoms. The number of benzene rings is 7. The maximum atomic E-state index is 6.70. The summed E-state index contributed by atoms with van der Waals surface area (Å²) in [6.07, 6.45) is 0. The fourth-order valence-corrected chi connectivity index (χ4v) is 6.98. The lowest BCUT2D eigenvalue weighted by Gasteiger charge is -2.35. The van der Waals surface area contributed by atoms with Gasteiger partial charge >= 0.3 is 0 Å². The second-order valence-electron chi connectivity index (χ2n) is 11.8. The van der Waals surface area contributed by atoms with E-state index < -0.39 is 0 Å². The summed E-state index contributed by atoms with van der Waals surface area (Å²) in [6.45, 7) is 2.16. The highest BCUT2D eigenvalue weighted by Gasteiger charge is 2.40. The Morgan fingerprint density at radius 2 is 1.11 bits per heavy atom. The summed E-state index contributed by atoms with van der Waals surface area (Å²) in [6, 6.07) is 53.6. The lowest BCUT2D eigenvalue weighted by Crippen LogP contribution is -2.57. The molecule has 0 N–H and O–H groups in total. The smallest absolute Gasteiger partial charge is 0.260 e. The molecule has 7 aromatic carbocycles. The number of rotatable bonds is 4. The predicted molar refractivity (Wildman–Crippen MR) is 186 cm³/mol. The minimum absolute atomic E-state index is 0.0346. The number of ether oxygens (including phenoxy) is 2. The number of para-hydroxylation sites is 2.